The van der Waals surface area contributed by atoms with Gasteiger partial charge in [-0.15, -0.1) is 0 Å². The number of carbonyl (C=O) groups is 1. The van der Waals surface area contributed by atoms with Crippen molar-refractivity contribution in [2.75, 3.05) is 11.9 Å². The predicted molar refractivity (Wildman–Crippen MR) is 137 cm³/mol. The van der Waals surface area contributed by atoms with E-state index in [4.69, 9.17) is 4.99 Å². The Morgan fingerprint density at radius 3 is 2.79 bits per heavy atom. The van der Waals surface area contributed by atoms with E-state index < -0.39 is 5.41 Å². The standard InChI is InChI=1S/C29H35N3O/c1-3-5-21-7-8-22-9-11-24(18-27(22)32-26(21)6-4-2)29(14-15-29)28(33)31-25-12-10-20-13-16-30-19-23(20)17-25/h7-12,17-18,21,30H,3-6,13-16,19H2,1-2H3,(H,31,33). The summed E-state index contributed by atoms with van der Waals surface area (Å²) in [6, 6.07) is 12.8. The van der Waals surface area contributed by atoms with Gasteiger partial charge in [0.1, 0.15) is 0 Å². The van der Waals surface area contributed by atoms with Crippen LogP contribution in [-0.2, 0) is 23.2 Å². The van der Waals surface area contributed by atoms with Crippen molar-refractivity contribution in [1.82, 2.24) is 5.32 Å². The SMILES string of the molecule is CCCC1=Nc2cc(C3(C(=O)Nc4ccc5c(c4)CNCC5)CC3)ccc2C=CC1CCC. The van der Waals surface area contributed by atoms with Gasteiger partial charge in [-0.2, -0.15) is 0 Å². The van der Waals surface area contributed by atoms with Crippen molar-refractivity contribution in [1.29, 1.82) is 0 Å². The average molecular weight is 442 g/mol. The molecule has 1 fully saturated rings. The number of aliphatic imine (C=N–C) groups is 1. The highest BCUT2D eigenvalue weighted by Crippen LogP contribution is 2.50. The van der Waals surface area contributed by atoms with Gasteiger partial charge in [-0.3, -0.25) is 9.79 Å². The zero-order valence-corrected chi connectivity index (χ0v) is 19.9. The molecule has 5 rings (SSSR count). The average Bonchev–Trinajstić information content (AvgIpc) is 3.65. The Morgan fingerprint density at radius 1 is 1.12 bits per heavy atom. The molecule has 1 amide bonds. The third-order valence-corrected chi connectivity index (χ3v) is 7.42. The Bertz CT molecular complexity index is 1110. The van der Waals surface area contributed by atoms with Crippen LogP contribution in [0.1, 0.15) is 74.6 Å². The van der Waals surface area contributed by atoms with Gasteiger partial charge in [0, 0.05) is 23.9 Å². The molecule has 0 spiro atoms. The number of benzene rings is 2. The van der Waals surface area contributed by atoms with Crippen molar-refractivity contribution in [3.05, 3.63) is 64.7 Å². The number of amides is 1. The third kappa shape index (κ3) is 4.41. The Balaban J connectivity index is 1.40. The molecule has 0 saturated heterocycles. The van der Waals surface area contributed by atoms with Crippen molar-refractivity contribution in [3.8, 4) is 0 Å². The fourth-order valence-corrected chi connectivity index (χ4v) is 5.30. The third-order valence-electron chi connectivity index (χ3n) is 7.42. The van der Waals surface area contributed by atoms with Crippen LogP contribution >= 0.6 is 0 Å². The van der Waals surface area contributed by atoms with Crippen molar-refractivity contribution in [2.24, 2.45) is 10.9 Å². The number of allylic oxidation sites excluding steroid dienone is 1. The summed E-state index contributed by atoms with van der Waals surface area (Å²) in [6.07, 6.45) is 11.8. The van der Waals surface area contributed by atoms with Crippen LogP contribution in [0.25, 0.3) is 6.08 Å². The summed E-state index contributed by atoms with van der Waals surface area (Å²) in [5, 5.41) is 6.64. The molecule has 1 saturated carbocycles. The normalized spacial score (nSPS) is 20.3. The molecule has 2 aromatic rings. The Kier molecular flexibility index (Phi) is 6.20. The quantitative estimate of drug-likeness (QED) is 0.528. The van der Waals surface area contributed by atoms with E-state index in [2.05, 4.69) is 73.0 Å². The molecule has 1 atom stereocenters. The Labute approximate surface area is 197 Å². The number of rotatable bonds is 7. The van der Waals surface area contributed by atoms with Crippen molar-refractivity contribution >= 4 is 29.1 Å². The summed E-state index contributed by atoms with van der Waals surface area (Å²) in [6.45, 7) is 6.36. The van der Waals surface area contributed by atoms with Gasteiger partial charge >= 0.3 is 0 Å². The molecular weight excluding hydrogens is 406 g/mol. The maximum absolute atomic E-state index is 13.4. The van der Waals surface area contributed by atoms with E-state index in [1.165, 1.54) is 16.8 Å². The highest BCUT2D eigenvalue weighted by molar-refractivity contribution is 6.02. The fourth-order valence-electron chi connectivity index (χ4n) is 5.30. The van der Waals surface area contributed by atoms with E-state index in [0.717, 1.165) is 80.5 Å². The molecule has 172 valence electrons. The fraction of sp³-hybridized carbons (Fsp3) is 0.448. The number of hydrogen-bond donors (Lipinski definition) is 2. The van der Waals surface area contributed by atoms with Gasteiger partial charge in [0.05, 0.1) is 11.1 Å². The minimum atomic E-state index is -0.428. The first-order valence-electron chi connectivity index (χ1n) is 12.7. The topological polar surface area (TPSA) is 53.5 Å². The van der Waals surface area contributed by atoms with Crippen LogP contribution in [0.15, 0.2) is 47.5 Å². The molecule has 33 heavy (non-hydrogen) atoms. The zero-order valence-electron chi connectivity index (χ0n) is 19.9. The summed E-state index contributed by atoms with van der Waals surface area (Å²) in [5.41, 5.74) is 7.70. The van der Waals surface area contributed by atoms with E-state index >= 15 is 0 Å². The first kappa shape index (κ1) is 22.1. The van der Waals surface area contributed by atoms with E-state index in [-0.39, 0.29) is 5.91 Å². The van der Waals surface area contributed by atoms with Crippen LogP contribution in [0, 0.1) is 5.92 Å². The second-order valence-electron chi connectivity index (χ2n) is 9.83. The first-order valence-corrected chi connectivity index (χ1v) is 12.7. The van der Waals surface area contributed by atoms with Gasteiger partial charge in [-0.1, -0.05) is 57.0 Å². The van der Waals surface area contributed by atoms with E-state index in [0.29, 0.717) is 5.92 Å². The summed E-state index contributed by atoms with van der Waals surface area (Å²) in [5.74, 6) is 0.527. The van der Waals surface area contributed by atoms with Gasteiger partial charge in [0.2, 0.25) is 5.91 Å². The molecule has 1 unspecified atom stereocenters. The number of carbonyl (C=O) groups excluding carboxylic acids is 1. The van der Waals surface area contributed by atoms with Crippen LogP contribution in [0.4, 0.5) is 11.4 Å². The molecule has 0 aromatic heterocycles. The maximum atomic E-state index is 13.4. The lowest BCUT2D eigenvalue weighted by Gasteiger charge is -2.20. The molecule has 4 heteroatoms. The number of anilines is 1. The minimum absolute atomic E-state index is 0.108. The number of nitrogens with one attached hydrogen (secondary N) is 2. The molecule has 2 heterocycles. The van der Waals surface area contributed by atoms with Gasteiger partial charge in [0.15, 0.2) is 0 Å². The predicted octanol–water partition coefficient (Wildman–Crippen LogP) is 6.32. The van der Waals surface area contributed by atoms with E-state index in [1.54, 1.807) is 0 Å². The second-order valence-corrected chi connectivity index (χ2v) is 9.83. The van der Waals surface area contributed by atoms with Crippen molar-refractivity contribution in [3.63, 3.8) is 0 Å². The van der Waals surface area contributed by atoms with Crippen LogP contribution in [-0.4, -0.2) is 18.2 Å². The Hall–Kier alpha value is -2.72. The second kappa shape index (κ2) is 9.26. The van der Waals surface area contributed by atoms with E-state index in [9.17, 15) is 4.79 Å². The molecule has 3 aliphatic rings. The maximum Gasteiger partial charge on any atom is 0.235 e. The van der Waals surface area contributed by atoms with Crippen molar-refractivity contribution < 1.29 is 4.79 Å². The minimum Gasteiger partial charge on any atom is -0.325 e. The smallest absolute Gasteiger partial charge is 0.235 e. The lowest BCUT2D eigenvalue weighted by molar-refractivity contribution is -0.118. The molecule has 1 aliphatic carbocycles. The van der Waals surface area contributed by atoms with Crippen molar-refractivity contribution in [2.45, 2.75) is 70.8 Å². The van der Waals surface area contributed by atoms with Crippen LogP contribution < -0.4 is 10.6 Å². The summed E-state index contributed by atoms with van der Waals surface area (Å²) in [7, 11) is 0. The summed E-state index contributed by atoms with van der Waals surface area (Å²) >= 11 is 0. The van der Waals surface area contributed by atoms with Gasteiger partial charge < -0.3 is 10.6 Å². The van der Waals surface area contributed by atoms with Gasteiger partial charge in [-0.25, -0.2) is 0 Å². The molecule has 0 radical (unpaired) electrons. The van der Waals surface area contributed by atoms with Crippen LogP contribution in [0.2, 0.25) is 0 Å². The molecule has 2 N–H and O–H groups in total. The monoisotopic (exact) mass is 441 g/mol. The van der Waals surface area contributed by atoms with Crippen LogP contribution in [0.3, 0.4) is 0 Å². The molecule has 0 bridgehead atoms. The van der Waals surface area contributed by atoms with Gasteiger partial charge in [0.25, 0.3) is 0 Å². The highest BCUT2D eigenvalue weighted by Gasteiger charge is 2.51. The van der Waals surface area contributed by atoms with E-state index in [1.807, 2.05) is 0 Å². The number of hydrogen-bond acceptors (Lipinski definition) is 3. The number of fused-ring (bicyclic) bond motifs is 2. The molecular formula is C29H35N3O. The largest absolute Gasteiger partial charge is 0.325 e. The summed E-state index contributed by atoms with van der Waals surface area (Å²) in [4.78, 5) is 18.6. The number of nitrogens with zero attached hydrogens (tertiary/aromatic N) is 1. The molecule has 4 nitrogen and oxygen atoms in total. The first-order chi connectivity index (χ1) is 16.1. The Morgan fingerprint density at radius 2 is 2.00 bits per heavy atom. The van der Waals surface area contributed by atoms with Gasteiger partial charge in [-0.05, 0) is 79.1 Å². The lowest BCUT2D eigenvalue weighted by Crippen LogP contribution is -2.28. The lowest BCUT2D eigenvalue weighted by atomic mass is 9.92. The summed E-state index contributed by atoms with van der Waals surface area (Å²) < 4.78 is 0. The molecule has 2 aromatic carbocycles. The van der Waals surface area contributed by atoms with Crippen LogP contribution in [0.5, 0.6) is 0 Å². The zero-order chi connectivity index (χ0) is 22.8. The molecule has 2 aliphatic heterocycles. The highest BCUT2D eigenvalue weighted by atomic mass is 16.2.